The van der Waals surface area contributed by atoms with E-state index in [0.29, 0.717) is 17.7 Å². The van der Waals surface area contributed by atoms with Crippen LogP contribution in [-0.2, 0) is 13.0 Å². The number of carbonyl (C=O) groups excluding carboxylic acids is 1. The highest BCUT2D eigenvalue weighted by Crippen LogP contribution is 2.37. The van der Waals surface area contributed by atoms with Gasteiger partial charge in [0.05, 0.1) is 11.6 Å². The van der Waals surface area contributed by atoms with Gasteiger partial charge in [0, 0.05) is 29.2 Å². The molecule has 0 radical (unpaired) electrons. The van der Waals surface area contributed by atoms with Gasteiger partial charge in [-0.15, -0.1) is 0 Å². The molecule has 1 heterocycles. The number of carbonyl (C=O) groups is 2. The van der Waals surface area contributed by atoms with Gasteiger partial charge in [-0.2, -0.15) is 13.2 Å². The molecule has 0 fully saturated rings. The molecule has 2 N–H and O–H groups in total. The molecule has 0 spiro atoms. The summed E-state index contributed by atoms with van der Waals surface area (Å²) in [7, 11) is 0. The van der Waals surface area contributed by atoms with E-state index in [0.717, 1.165) is 47.3 Å². The van der Waals surface area contributed by atoms with Crippen molar-refractivity contribution in [3.05, 3.63) is 119 Å². The van der Waals surface area contributed by atoms with E-state index in [-0.39, 0.29) is 34.2 Å². The quantitative estimate of drug-likeness (QED) is 0.203. The van der Waals surface area contributed by atoms with E-state index in [4.69, 9.17) is 0 Å². The zero-order valence-electron chi connectivity index (χ0n) is 22.8. The number of aromatic carboxylic acids is 1. The minimum Gasteiger partial charge on any atom is -0.478 e. The molecule has 1 aliphatic heterocycles. The third-order valence-corrected chi connectivity index (χ3v) is 8.05. The van der Waals surface area contributed by atoms with Crippen molar-refractivity contribution >= 4 is 29.3 Å². The van der Waals surface area contributed by atoms with Crippen LogP contribution in [0.25, 0.3) is 11.1 Å². The van der Waals surface area contributed by atoms with E-state index in [1.807, 2.05) is 42.5 Å². The molecule has 216 valence electrons. The minimum absolute atomic E-state index is 0.100. The first kappa shape index (κ1) is 29.3. The lowest BCUT2D eigenvalue weighted by Gasteiger charge is -2.32. The van der Waals surface area contributed by atoms with Crippen molar-refractivity contribution in [3.63, 3.8) is 0 Å². The average Bonchev–Trinajstić information content (AvgIpc) is 2.97. The number of carboxylic acid groups (broad SMARTS) is 1. The molecule has 1 atom stereocenters. The van der Waals surface area contributed by atoms with E-state index in [9.17, 15) is 27.9 Å². The number of benzene rings is 4. The van der Waals surface area contributed by atoms with Crippen LogP contribution in [0.3, 0.4) is 0 Å². The Labute approximate surface area is 246 Å². The summed E-state index contributed by atoms with van der Waals surface area (Å²) < 4.78 is 37.8. The number of hydrogen-bond donors (Lipinski definition) is 2. The number of hydrogen-bond acceptors (Lipinski definition) is 4. The second-order valence-electron chi connectivity index (χ2n) is 10.2. The highest BCUT2D eigenvalue weighted by molar-refractivity contribution is 8.00. The molecule has 42 heavy (non-hydrogen) atoms. The maximum atomic E-state index is 13.0. The summed E-state index contributed by atoms with van der Waals surface area (Å²) in [5, 5.41) is 12.5. The van der Waals surface area contributed by atoms with Crippen molar-refractivity contribution in [1.29, 1.82) is 0 Å². The molecule has 4 aromatic carbocycles. The number of nitrogens with zero attached hydrogens (tertiary/aromatic N) is 1. The van der Waals surface area contributed by atoms with Crippen LogP contribution in [-0.4, -0.2) is 29.0 Å². The number of rotatable bonds is 8. The Kier molecular flexibility index (Phi) is 8.59. The summed E-state index contributed by atoms with van der Waals surface area (Å²) >= 11 is -0.164. The normalized spacial score (nSPS) is 13.8. The summed E-state index contributed by atoms with van der Waals surface area (Å²) in [6.45, 7) is 3.36. The molecule has 0 bridgehead atoms. The van der Waals surface area contributed by atoms with Crippen molar-refractivity contribution in [3.8, 4) is 11.1 Å². The Morgan fingerprint density at radius 3 is 2.38 bits per heavy atom. The number of fused-ring (bicyclic) bond motifs is 1. The van der Waals surface area contributed by atoms with Gasteiger partial charge in [-0.25, -0.2) is 4.79 Å². The average molecular weight is 591 g/mol. The van der Waals surface area contributed by atoms with Gasteiger partial charge in [-0.3, -0.25) is 4.79 Å². The van der Waals surface area contributed by atoms with Crippen molar-refractivity contribution < 1.29 is 27.9 Å². The number of carboxylic acids is 1. The Bertz CT molecular complexity index is 1590. The molecule has 1 amide bonds. The third kappa shape index (κ3) is 6.97. The van der Waals surface area contributed by atoms with E-state index in [1.54, 1.807) is 43.3 Å². The van der Waals surface area contributed by atoms with E-state index < -0.39 is 11.5 Å². The summed E-state index contributed by atoms with van der Waals surface area (Å²) in [5.74, 6) is -1.20. The molecule has 9 heteroatoms. The molecular formula is C33H29F3N2O3S. The highest BCUT2D eigenvalue weighted by atomic mass is 32.2. The number of nitrogens with one attached hydrogen (secondary N) is 1. The first-order chi connectivity index (χ1) is 20.1. The van der Waals surface area contributed by atoms with E-state index in [2.05, 4.69) is 10.2 Å². The molecule has 4 aromatic rings. The van der Waals surface area contributed by atoms with Gasteiger partial charge in [0.2, 0.25) is 0 Å². The number of alkyl halides is 3. The molecule has 0 aliphatic carbocycles. The lowest BCUT2D eigenvalue weighted by atomic mass is 9.97. The van der Waals surface area contributed by atoms with Crippen molar-refractivity contribution in [1.82, 2.24) is 5.32 Å². The molecule has 5 rings (SSSR count). The number of halogens is 3. The molecule has 1 aliphatic rings. The standard InChI is InChI=1S/C33H29F3N2O3S/c1-21(23-12-15-27(16-13-23)42-33(34,35)36)37-31(39)26-14-17-30-25(19-26)5-4-18-38(30)20-22-8-10-24(11-9-22)28-6-2-3-7-29(28)32(40)41/h2-3,6-17,19,21H,4-5,18,20H2,1H3,(H,37,39)(H,40,41)/t21-/m0/s1. The Morgan fingerprint density at radius 1 is 0.976 bits per heavy atom. The maximum absolute atomic E-state index is 13.0. The van der Waals surface area contributed by atoms with E-state index in [1.165, 1.54) is 12.1 Å². The molecular weight excluding hydrogens is 561 g/mol. The van der Waals surface area contributed by atoms with Gasteiger partial charge in [-0.1, -0.05) is 54.6 Å². The second kappa shape index (κ2) is 12.3. The van der Waals surface area contributed by atoms with Gasteiger partial charge in [0.25, 0.3) is 5.91 Å². The third-order valence-electron chi connectivity index (χ3n) is 7.31. The number of anilines is 1. The fourth-order valence-corrected chi connectivity index (χ4v) is 5.77. The zero-order valence-corrected chi connectivity index (χ0v) is 23.6. The monoisotopic (exact) mass is 590 g/mol. The Morgan fingerprint density at radius 2 is 1.69 bits per heavy atom. The van der Waals surface area contributed by atoms with Crippen LogP contribution in [0.5, 0.6) is 0 Å². The Hall–Kier alpha value is -4.24. The Balaban J connectivity index is 1.25. The lowest BCUT2D eigenvalue weighted by molar-refractivity contribution is -0.0328. The van der Waals surface area contributed by atoms with Crippen LogP contribution < -0.4 is 10.2 Å². The van der Waals surface area contributed by atoms with Crippen LogP contribution in [0.2, 0.25) is 0 Å². The minimum atomic E-state index is -4.34. The summed E-state index contributed by atoms with van der Waals surface area (Å²) in [5.41, 5.74) is 1.95. The van der Waals surface area contributed by atoms with Crippen molar-refractivity contribution in [2.75, 3.05) is 11.4 Å². The van der Waals surface area contributed by atoms with Crippen LogP contribution in [0.4, 0.5) is 18.9 Å². The molecule has 0 saturated carbocycles. The molecule has 5 nitrogen and oxygen atoms in total. The lowest BCUT2D eigenvalue weighted by Crippen LogP contribution is -2.30. The summed E-state index contributed by atoms with van der Waals surface area (Å²) in [4.78, 5) is 27.0. The zero-order chi connectivity index (χ0) is 29.9. The first-order valence-electron chi connectivity index (χ1n) is 13.5. The van der Waals surface area contributed by atoms with Crippen LogP contribution in [0.1, 0.15) is 56.8 Å². The van der Waals surface area contributed by atoms with Crippen LogP contribution in [0, 0.1) is 0 Å². The number of aryl methyl sites for hydroxylation is 1. The van der Waals surface area contributed by atoms with Crippen molar-refractivity contribution in [2.24, 2.45) is 0 Å². The largest absolute Gasteiger partial charge is 0.478 e. The number of thioether (sulfide) groups is 1. The SMILES string of the molecule is C[C@H](NC(=O)c1ccc2c(c1)CCCN2Cc1ccc(-c2ccccc2C(=O)O)cc1)c1ccc(SC(F)(F)F)cc1. The smallest absolute Gasteiger partial charge is 0.446 e. The van der Waals surface area contributed by atoms with Gasteiger partial charge in [0.1, 0.15) is 0 Å². The van der Waals surface area contributed by atoms with Gasteiger partial charge in [0.15, 0.2) is 0 Å². The first-order valence-corrected chi connectivity index (χ1v) is 14.3. The predicted octanol–water partition coefficient (Wildman–Crippen LogP) is 8.11. The molecule has 0 unspecified atom stereocenters. The number of amides is 1. The summed E-state index contributed by atoms with van der Waals surface area (Å²) in [6.07, 6.45) is 1.80. The highest BCUT2D eigenvalue weighted by Gasteiger charge is 2.29. The van der Waals surface area contributed by atoms with Gasteiger partial charge < -0.3 is 15.3 Å². The fourth-order valence-electron chi connectivity index (χ4n) is 5.23. The van der Waals surface area contributed by atoms with Crippen molar-refractivity contribution in [2.45, 2.75) is 42.8 Å². The predicted molar refractivity (Wildman–Crippen MR) is 159 cm³/mol. The van der Waals surface area contributed by atoms with Crippen LogP contribution >= 0.6 is 11.8 Å². The van der Waals surface area contributed by atoms with Gasteiger partial charge >= 0.3 is 11.5 Å². The molecule has 0 saturated heterocycles. The maximum Gasteiger partial charge on any atom is 0.446 e. The second-order valence-corrected chi connectivity index (χ2v) is 11.4. The fraction of sp³-hybridized carbons (Fsp3) is 0.212. The summed E-state index contributed by atoms with van der Waals surface area (Å²) in [6, 6.07) is 26.2. The van der Waals surface area contributed by atoms with Gasteiger partial charge in [-0.05, 0) is 95.7 Å². The topological polar surface area (TPSA) is 69.6 Å². The molecule has 0 aromatic heterocycles. The van der Waals surface area contributed by atoms with Crippen LogP contribution in [0.15, 0.2) is 95.9 Å². The van der Waals surface area contributed by atoms with E-state index >= 15 is 0 Å².